The van der Waals surface area contributed by atoms with E-state index in [2.05, 4.69) is 34.0 Å². The predicted molar refractivity (Wildman–Crippen MR) is 119 cm³/mol. The number of anilines is 1. The molecular weight excluding hydrogens is 460 g/mol. The molecule has 1 N–H and O–H groups in total. The number of hydrogen-bond acceptors (Lipinski definition) is 3. The van der Waals surface area contributed by atoms with Crippen LogP contribution in [0.25, 0.3) is 0 Å². The van der Waals surface area contributed by atoms with Crippen molar-refractivity contribution in [1.29, 1.82) is 0 Å². The van der Waals surface area contributed by atoms with Gasteiger partial charge in [-0.1, -0.05) is 26.0 Å². The molecule has 1 aromatic carbocycles. The van der Waals surface area contributed by atoms with Gasteiger partial charge in [0.25, 0.3) is 0 Å². The minimum Gasteiger partial charge on any atom is -0.366 e. The molecule has 27 heavy (non-hydrogen) atoms. The summed E-state index contributed by atoms with van der Waals surface area (Å²) in [5, 5.41) is 3.36. The molecule has 1 amide bonds. The topological polar surface area (TPSA) is 51.2 Å². The average molecular weight is 491 g/mol. The third-order valence-corrected chi connectivity index (χ3v) is 4.30. The lowest BCUT2D eigenvalue weighted by Crippen LogP contribution is -2.53. The molecule has 0 spiro atoms. The molecule has 0 bridgehead atoms. The highest BCUT2D eigenvalue weighted by Gasteiger charge is 2.22. The summed E-state index contributed by atoms with van der Waals surface area (Å²) < 4.78 is 14.0. The van der Waals surface area contributed by atoms with E-state index in [0.717, 1.165) is 25.6 Å². The number of carbonyl (C=O) groups excluding carboxylic acids is 1. The second-order valence-electron chi connectivity index (χ2n) is 7.13. The van der Waals surface area contributed by atoms with Crippen molar-refractivity contribution in [2.24, 2.45) is 10.9 Å². The van der Waals surface area contributed by atoms with Crippen LogP contribution >= 0.6 is 24.0 Å². The first-order chi connectivity index (χ1) is 12.4. The number of guanidine groups is 1. The summed E-state index contributed by atoms with van der Waals surface area (Å²) in [7, 11) is 3.46. The van der Waals surface area contributed by atoms with Gasteiger partial charge in [0, 0.05) is 46.8 Å². The zero-order chi connectivity index (χ0) is 19.1. The minimum atomic E-state index is -0.190. The van der Waals surface area contributed by atoms with Crippen molar-refractivity contribution in [1.82, 2.24) is 15.1 Å². The van der Waals surface area contributed by atoms with Crippen molar-refractivity contribution >= 4 is 41.5 Å². The fraction of sp³-hybridized carbons (Fsp3) is 0.579. The Morgan fingerprint density at radius 3 is 2.41 bits per heavy atom. The SMILES string of the molecule is CC(C)CNC(=NCC(=O)N(C)C)N1CCN(c2ccccc2F)CC1.I. The van der Waals surface area contributed by atoms with Crippen LogP contribution in [0.15, 0.2) is 29.3 Å². The van der Waals surface area contributed by atoms with Crippen molar-refractivity contribution in [2.75, 3.05) is 58.3 Å². The Hall–Kier alpha value is -1.58. The van der Waals surface area contributed by atoms with E-state index >= 15 is 0 Å². The van der Waals surface area contributed by atoms with Crippen molar-refractivity contribution in [3.05, 3.63) is 30.1 Å². The van der Waals surface area contributed by atoms with Gasteiger partial charge in [0.2, 0.25) is 5.91 Å². The highest BCUT2D eigenvalue weighted by atomic mass is 127. The number of carbonyl (C=O) groups is 1. The predicted octanol–water partition coefficient (Wildman–Crippen LogP) is 2.26. The van der Waals surface area contributed by atoms with Crippen LogP contribution in [0.2, 0.25) is 0 Å². The molecule has 0 aliphatic carbocycles. The maximum absolute atomic E-state index is 14.0. The Labute approximate surface area is 178 Å². The van der Waals surface area contributed by atoms with Gasteiger partial charge in [-0.25, -0.2) is 9.38 Å². The number of para-hydroxylation sites is 1. The molecule has 0 radical (unpaired) electrons. The lowest BCUT2D eigenvalue weighted by Gasteiger charge is -2.38. The maximum Gasteiger partial charge on any atom is 0.243 e. The smallest absolute Gasteiger partial charge is 0.243 e. The summed E-state index contributed by atoms with van der Waals surface area (Å²) in [6.07, 6.45) is 0. The van der Waals surface area contributed by atoms with Gasteiger partial charge in [-0.15, -0.1) is 24.0 Å². The number of aliphatic imine (C=N–C) groups is 1. The van der Waals surface area contributed by atoms with Crippen LogP contribution in [0.5, 0.6) is 0 Å². The highest BCUT2D eigenvalue weighted by molar-refractivity contribution is 14.0. The van der Waals surface area contributed by atoms with E-state index in [-0.39, 0.29) is 42.2 Å². The van der Waals surface area contributed by atoms with Crippen molar-refractivity contribution in [3.8, 4) is 0 Å². The molecule has 1 fully saturated rings. The second kappa shape index (κ2) is 11.3. The van der Waals surface area contributed by atoms with Gasteiger partial charge in [0.1, 0.15) is 12.4 Å². The van der Waals surface area contributed by atoms with E-state index in [1.807, 2.05) is 12.1 Å². The Kier molecular flexibility index (Phi) is 9.82. The lowest BCUT2D eigenvalue weighted by atomic mass is 10.2. The van der Waals surface area contributed by atoms with Crippen molar-refractivity contribution in [2.45, 2.75) is 13.8 Å². The second-order valence-corrected chi connectivity index (χ2v) is 7.13. The van der Waals surface area contributed by atoms with E-state index in [1.54, 1.807) is 25.1 Å². The van der Waals surface area contributed by atoms with Gasteiger partial charge < -0.3 is 20.0 Å². The first-order valence-electron chi connectivity index (χ1n) is 9.11. The molecule has 1 aliphatic heterocycles. The summed E-state index contributed by atoms with van der Waals surface area (Å²) in [6, 6.07) is 6.87. The van der Waals surface area contributed by atoms with E-state index in [9.17, 15) is 9.18 Å². The van der Waals surface area contributed by atoms with Gasteiger partial charge >= 0.3 is 0 Å². The maximum atomic E-state index is 14.0. The van der Waals surface area contributed by atoms with Crippen LogP contribution in [0.3, 0.4) is 0 Å². The lowest BCUT2D eigenvalue weighted by molar-refractivity contribution is -0.127. The molecule has 1 aromatic rings. The Morgan fingerprint density at radius 1 is 1.22 bits per heavy atom. The number of nitrogens with zero attached hydrogens (tertiary/aromatic N) is 4. The van der Waals surface area contributed by atoms with E-state index in [4.69, 9.17) is 0 Å². The van der Waals surface area contributed by atoms with Crippen LogP contribution in [-0.4, -0.2) is 75.0 Å². The summed E-state index contributed by atoms with van der Waals surface area (Å²) >= 11 is 0. The molecule has 0 saturated carbocycles. The number of likely N-dealkylation sites (N-methyl/N-ethyl adjacent to an activating group) is 1. The number of nitrogens with one attached hydrogen (secondary N) is 1. The number of halogens is 2. The molecule has 1 aliphatic rings. The summed E-state index contributed by atoms with van der Waals surface area (Å²) in [6.45, 7) is 8.07. The number of rotatable bonds is 5. The van der Waals surface area contributed by atoms with Gasteiger partial charge in [-0.2, -0.15) is 0 Å². The molecule has 6 nitrogen and oxygen atoms in total. The molecule has 0 unspecified atom stereocenters. The van der Waals surface area contributed by atoms with Crippen molar-refractivity contribution in [3.63, 3.8) is 0 Å². The first-order valence-corrected chi connectivity index (χ1v) is 9.11. The fourth-order valence-electron chi connectivity index (χ4n) is 2.71. The average Bonchev–Trinajstić information content (AvgIpc) is 2.62. The summed E-state index contributed by atoms with van der Waals surface area (Å²) in [5.74, 6) is 1.01. The van der Waals surface area contributed by atoms with Gasteiger partial charge in [0.15, 0.2) is 5.96 Å². The van der Waals surface area contributed by atoms with Crippen LogP contribution in [0, 0.1) is 11.7 Å². The molecule has 0 atom stereocenters. The molecular formula is C19H31FIN5O. The zero-order valence-corrected chi connectivity index (χ0v) is 18.9. The molecule has 1 saturated heterocycles. The molecule has 8 heteroatoms. The van der Waals surface area contributed by atoms with E-state index < -0.39 is 0 Å². The molecule has 2 rings (SSSR count). The number of benzene rings is 1. The monoisotopic (exact) mass is 491 g/mol. The van der Waals surface area contributed by atoms with Gasteiger partial charge in [0.05, 0.1) is 5.69 Å². The zero-order valence-electron chi connectivity index (χ0n) is 16.6. The Balaban J connectivity index is 0.00000364. The van der Waals surface area contributed by atoms with Gasteiger partial charge in [-0.05, 0) is 18.1 Å². The number of piperazine rings is 1. The fourth-order valence-corrected chi connectivity index (χ4v) is 2.71. The quantitative estimate of drug-likeness (QED) is 0.390. The Morgan fingerprint density at radius 2 is 1.85 bits per heavy atom. The molecule has 152 valence electrons. The third kappa shape index (κ3) is 7.15. The Bertz CT molecular complexity index is 630. The van der Waals surface area contributed by atoms with Crippen molar-refractivity contribution < 1.29 is 9.18 Å². The summed E-state index contributed by atoms with van der Waals surface area (Å²) in [4.78, 5) is 22.1. The summed E-state index contributed by atoms with van der Waals surface area (Å²) in [5.41, 5.74) is 0.642. The number of hydrogen-bond donors (Lipinski definition) is 1. The minimum absolute atomic E-state index is 0. The number of amides is 1. The van der Waals surface area contributed by atoms with Crippen LogP contribution in [0.1, 0.15) is 13.8 Å². The van der Waals surface area contributed by atoms with Gasteiger partial charge in [-0.3, -0.25) is 4.79 Å². The molecule has 1 heterocycles. The largest absolute Gasteiger partial charge is 0.366 e. The third-order valence-electron chi connectivity index (χ3n) is 4.30. The van der Waals surface area contributed by atoms with Crippen LogP contribution in [0.4, 0.5) is 10.1 Å². The van der Waals surface area contributed by atoms with E-state index in [0.29, 0.717) is 24.7 Å². The van der Waals surface area contributed by atoms with E-state index in [1.165, 1.54) is 6.07 Å². The highest BCUT2D eigenvalue weighted by Crippen LogP contribution is 2.20. The molecule has 0 aromatic heterocycles. The standard InChI is InChI=1S/C19H30FN5O.HI/c1-15(2)13-21-19(22-14-18(26)23(3)4)25-11-9-24(10-12-25)17-8-6-5-7-16(17)20;/h5-8,15H,9-14H2,1-4H3,(H,21,22);1H. The van der Waals surface area contributed by atoms with Crippen LogP contribution in [-0.2, 0) is 4.79 Å². The van der Waals surface area contributed by atoms with Crippen LogP contribution < -0.4 is 10.2 Å². The normalized spacial score (nSPS) is 14.8. The first kappa shape index (κ1) is 23.5.